The number of aliphatic carboxylic acids is 1. The fourth-order valence-corrected chi connectivity index (χ4v) is 2.95. The van der Waals surface area contributed by atoms with Crippen LogP contribution >= 0.6 is 0 Å². The number of carbonyl (C=O) groups is 2. The molecule has 0 spiro atoms. The molecule has 2 unspecified atom stereocenters. The van der Waals surface area contributed by atoms with Crippen LogP contribution in [0.4, 0.5) is 0 Å². The van der Waals surface area contributed by atoms with E-state index in [2.05, 4.69) is 5.32 Å². The summed E-state index contributed by atoms with van der Waals surface area (Å²) in [4.78, 5) is 23.6. The van der Waals surface area contributed by atoms with E-state index in [9.17, 15) is 14.7 Å². The minimum Gasteiger partial charge on any atom is -0.480 e. The van der Waals surface area contributed by atoms with Crippen molar-refractivity contribution in [1.29, 1.82) is 0 Å². The van der Waals surface area contributed by atoms with Gasteiger partial charge in [-0.15, -0.1) is 0 Å². The highest BCUT2D eigenvalue weighted by Crippen LogP contribution is 2.30. The molecule has 0 aromatic rings. The van der Waals surface area contributed by atoms with E-state index in [1.807, 2.05) is 6.92 Å². The Kier molecular flexibility index (Phi) is 3.90. The van der Waals surface area contributed by atoms with Crippen LogP contribution in [0, 0.1) is 5.92 Å². The van der Waals surface area contributed by atoms with Gasteiger partial charge in [0.2, 0.25) is 5.91 Å². The smallest absolute Gasteiger partial charge is 0.329 e. The Hall–Kier alpha value is -1.10. The molecular formula is C13H21NO4. The average Bonchev–Trinajstić information content (AvgIpc) is 2.76. The summed E-state index contributed by atoms with van der Waals surface area (Å²) in [6.07, 6.45) is 4.43. The summed E-state index contributed by atoms with van der Waals surface area (Å²) in [6.45, 7) is 2.45. The number of hydrogen-bond donors (Lipinski definition) is 2. The molecule has 1 heterocycles. The number of nitrogens with one attached hydrogen (secondary N) is 1. The van der Waals surface area contributed by atoms with Crippen LogP contribution < -0.4 is 5.32 Å². The molecule has 18 heavy (non-hydrogen) atoms. The predicted molar refractivity (Wildman–Crippen MR) is 65.1 cm³/mol. The van der Waals surface area contributed by atoms with Crippen molar-refractivity contribution in [2.45, 2.75) is 57.1 Å². The molecule has 1 amide bonds. The minimum absolute atomic E-state index is 0.112. The standard InChI is InChI=1S/C13H21NO4/c1-9-10(5-8-18-9)11(15)14-13(12(16)17)6-3-2-4-7-13/h9-10H,2-8H2,1H3,(H,14,15)(H,16,17). The molecule has 2 rings (SSSR count). The molecule has 0 bridgehead atoms. The third kappa shape index (κ3) is 2.51. The molecule has 2 atom stereocenters. The zero-order chi connectivity index (χ0) is 13.2. The maximum Gasteiger partial charge on any atom is 0.329 e. The van der Waals surface area contributed by atoms with Crippen molar-refractivity contribution >= 4 is 11.9 Å². The van der Waals surface area contributed by atoms with E-state index < -0.39 is 11.5 Å². The van der Waals surface area contributed by atoms with Gasteiger partial charge in [0, 0.05) is 6.61 Å². The molecule has 0 radical (unpaired) electrons. The van der Waals surface area contributed by atoms with Gasteiger partial charge in [0.15, 0.2) is 0 Å². The lowest BCUT2D eigenvalue weighted by Gasteiger charge is -2.35. The van der Waals surface area contributed by atoms with Crippen LogP contribution in [0.15, 0.2) is 0 Å². The third-order valence-corrected chi connectivity index (χ3v) is 4.19. The fraction of sp³-hybridized carbons (Fsp3) is 0.846. The Morgan fingerprint density at radius 3 is 2.44 bits per heavy atom. The van der Waals surface area contributed by atoms with Gasteiger partial charge < -0.3 is 15.2 Å². The van der Waals surface area contributed by atoms with Crippen molar-refractivity contribution in [1.82, 2.24) is 5.32 Å². The number of hydrogen-bond acceptors (Lipinski definition) is 3. The molecule has 1 saturated carbocycles. The van der Waals surface area contributed by atoms with Gasteiger partial charge in [-0.05, 0) is 26.2 Å². The lowest BCUT2D eigenvalue weighted by atomic mass is 9.81. The number of amides is 1. The van der Waals surface area contributed by atoms with E-state index in [1.54, 1.807) is 0 Å². The molecule has 1 aliphatic heterocycles. The first kappa shape index (κ1) is 13.3. The Morgan fingerprint density at radius 2 is 1.94 bits per heavy atom. The highest BCUT2D eigenvalue weighted by atomic mass is 16.5. The largest absolute Gasteiger partial charge is 0.480 e. The summed E-state index contributed by atoms with van der Waals surface area (Å²) >= 11 is 0. The molecule has 1 aliphatic carbocycles. The van der Waals surface area contributed by atoms with E-state index >= 15 is 0 Å². The summed E-state index contributed by atoms with van der Waals surface area (Å²) in [5.74, 6) is -1.27. The van der Waals surface area contributed by atoms with Crippen molar-refractivity contribution in [2.75, 3.05) is 6.61 Å². The number of carbonyl (C=O) groups excluding carboxylic acids is 1. The molecule has 2 fully saturated rings. The molecule has 5 heteroatoms. The molecule has 2 aliphatic rings. The van der Waals surface area contributed by atoms with Crippen molar-refractivity contribution in [3.05, 3.63) is 0 Å². The molecule has 1 saturated heterocycles. The Morgan fingerprint density at radius 1 is 1.28 bits per heavy atom. The van der Waals surface area contributed by atoms with E-state index in [0.717, 1.165) is 19.3 Å². The Bertz CT molecular complexity index is 336. The van der Waals surface area contributed by atoms with E-state index in [-0.39, 0.29) is 17.9 Å². The molecular weight excluding hydrogens is 234 g/mol. The maximum atomic E-state index is 12.2. The van der Waals surface area contributed by atoms with Gasteiger partial charge in [0.1, 0.15) is 5.54 Å². The minimum atomic E-state index is -1.04. The van der Waals surface area contributed by atoms with Crippen LogP contribution in [-0.2, 0) is 14.3 Å². The van der Waals surface area contributed by atoms with E-state index in [4.69, 9.17) is 4.74 Å². The molecule has 5 nitrogen and oxygen atoms in total. The predicted octanol–water partition coefficient (Wildman–Crippen LogP) is 1.32. The van der Waals surface area contributed by atoms with Gasteiger partial charge >= 0.3 is 5.97 Å². The van der Waals surface area contributed by atoms with Crippen LogP contribution in [0.5, 0.6) is 0 Å². The second kappa shape index (κ2) is 5.26. The monoisotopic (exact) mass is 255 g/mol. The summed E-state index contributed by atoms with van der Waals surface area (Å²) < 4.78 is 5.36. The summed E-state index contributed by atoms with van der Waals surface area (Å²) in [5.41, 5.74) is -1.04. The zero-order valence-corrected chi connectivity index (χ0v) is 10.8. The summed E-state index contributed by atoms with van der Waals surface area (Å²) in [5, 5.41) is 12.2. The van der Waals surface area contributed by atoms with Gasteiger partial charge in [0.05, 0.1) is 12.0 Å². The third-order valence-electron chi connectivity index (χ3n) is 4.19. The number of carboxylic acids is 1. The van der Waals surface area contributed by atoms with E-state index in [0.29, 0.717) is 25.9 Å². The van der Waals surface area contributed by atoms with Gasteiger partial charge in [-0.1, -0.05) is 19.3 Å². The zero-order valence-electron chi connectivity index (χ0n) is 10.8. The fourth-order valence-electron chi connectivity index (χ4n) is 2.95. The average molecular weight is 255 g/mol. The molecule has 102 valence electrons. The SMILES string of the molecule is CC1OCCC1C(=O)NC1(C(=O)O)CCCCC1. The topological polar surface area (TPSA) is 75.6 Å². The highest BCUT2D eigenvalue weighted by molar-refractivity contribution is 5.88. The van der Waals surface area contributed by atoms with Gasteiger partial charge in [0.25, 0.3) is 0 Å². The maximum absolute atomic E-state index is 12.2. The van der Waals surface area contributed by atoms with Gasteiger partial charge in [-0.2, -0.15) is 0 Å². The van der Waals surface area contributed by atoms with Crippen molar-refractivity contribution < 1.29 is 19.4 Å². The van der Waals surface area contributed by atoms with Gasteiger partial charge in [-0.25, -0.2) is 4.79 Å². The highest BCUT2D eigenvalue weighted by Gasteiger charge is 2.43. The number of rotatable bonds is 3. The van der Waals surface area contributed by atoms with Crippen molar-refractivity contribution in [3.63, 3.8) is 0 Å². The van der Waals surface area contributed by atoms with Crippen LogP contribution in [0.3, 0.4) is 0 Å². The van der Waals surface area contributed by atoms with E-state index in [1.165, 1.54) is 0 Å². The van der Waals surface area contributed by atoms with Crippen molar-refractivity contribution in [2.24, 2.45) is 5.92 Å². The quantitative estimate of drug-likeness (QED) is 0.797. The summed E-state index contributed by atoms with van der Waals surface area (Å²) in [7, 11) is 0. The first-order valence-electron chi connectivity index (χ1n) is 6.72. The second-order valence-corrected chi connectivity index (χ2v) is 5.41. The number of ether oxygens (including phenoxy) is 1. The Balaban J connectivity index is 2.04. The molecule has 0 aromatic heterocycles. The normalized spacial score (nSPS) is 30.9. The Labute approximate surface area is 107 Å². The molecule has 2 N–H and O–H groups in total. The lowest BCUT2D eigenvalue weighted by molar-refractivity contribution is -0.150. The van der Waals surface area contributed by atoms with Crippen LogP contribution in [-0.4, -0.2) is 35.2 Å². The lowest BCUT2D eigenvalue weighted by Crippen LogP contribution is -2.57. The van der Waals surface area contributed by atoms with Crippen LogP contribution in [0.1, 0.15) is 45.4 Å². The summed E-state index contributed by atoms with van der Waals surface area (Å²) in [6, 6.07) is 0. The second-order valence-electron chi connectivity index (χ2n) is 5.41. The van der Waals surface area contributed by atoms with Crippen molar-refractivity contribution in [3.8, 4) is 0 Å². The first-order chi connectivity index (χ1) is 8.55. The van der Waals surface area contributed by atoms with Crippen LogP contribution in [0.25, 0.3) is 0 Å². The number of carboxylic acid groups (broad SMARTS) is 1. The van der Waals surface area contributed by atoms with Crippen LogP contribution in [0.2, 0.25) is 0 Å². The molecule has 0 aromatic carbocycles. The van der Waals surface area contributed by atoms with Gasteiger partial charge in [-0.3, -0.25) is 4.79 Å². The first-order valence-corrected chi connectivity index (χ1v) is 6.72.